The van der Waals surface area contributed by atoms with Gasteiger partial charge in [-0.25, -0.2) is 4.79 Å². The number of carboxylic acid groups (broad SMARTS) is 1. The lowest BCUT2D eigenvalue weighted by molar-refractivity contribution is -0.0000177. The maximum Gasteiger partial charge on any atom is 0.335 e. The Bertz CT molecular complexity index is 245. The normalized spacial score (nSPS) is 8.36. The standard InChI is InChI=1S/C7H7NO2.ClH/c8-6-3-1-5(2-4-6)7(9)10;/h1-4H,8H2,(H,9,10);1H/p-1. The number of hydrogen-bond donors (Lipinski definition) is 2. The number of hydrogen-bond acceptors (Lipinski definition) is 2. The third-order valence-corrected chi connectivity index (χ3v) is 1.16. The Labute approximate surface area is 70.2 Å². The number of rotatable bonds is 1. The highest BCUT2D eigenvalue weighted by molar-refractivity contribution is 5.87. The molecule has 1 rings (SSSR count). The molecule has 1 aromatic rings. The van der Waals surface area contributed by atoms with Crippen molar-refractivity contribution in [1.82, 2.24) is 0 Å². The number of carboxylic acids is 1. The van der Waals surface area contributed by atoms with Gasteiger partial charge in [-0.05, 0) is 24.3 Å². The van der Waals surface area contributed by atoms with E-state index in [0.717, 1.165) is 0 Å². The van der Waals surface area contributed by atoms with Gasteiger partial charge in [0, 0.05) is 5.69 Å². The number of anilines is 1. The van der Waals surface area contributed by atoms with Crippen LogP contribution in [-0.2, 0) is 0 Å². The molecule has 0 unspecified atom stereocenters. The minimum absolute atomic E-state index is 0. The summed E-state index contributed by atoms with van der Waals surface area (Å²) >= 11 is 0. The Morgan fingerprint density at radius 3 is 2.09 bits per heavy atom. The van der Waals surface area contributed by atoms with Crippen LogP contribution in [0.1, 0.15) is 10.4 Å². The maximum atomic E-state index is 10.3. The van der Waals surface area contributed by atoms with Gasteiger partial charge in [0.15, 0.2) is 0 Å². The Kier molecular flexibility index (Phi) is 3.40. The lowest BCUT2D eigenvalue weighted by Crippen LogP contribution is -3.00. The van der Waals surface area contributed by atoms with Crippen LogP contribution < -0.4 is 18.1 Å². The number of aromatic carboxylic acids is 1. The van der Waals surface area contributed by atoms with Crippen LogP contribution in [0.2, 0.25) is 0 Å². The molecule has 0 aliphatic rings. The van der Waals surface area contributed by atoms with Gasteiger partial charge in [-0.2, -0.15) is 0 Å². The van der Waals surface area contributed by atoms with Gasteiger partial charge >= 0.3 is 5.97 Å². The third-order valence-electron chi connectivity index (χ3n) is 1.16. The molecular formula is C7H7ClNO2-. The average molecular weight is 173 g/mol. The van der Waals surface area contributed by atoms with Gasteiger partial charge in [-0.1, -0.05) is 0 Å². The van der Waals surface area contributed by atoms with Gasteiger partial charge in [-0.15, -0.1) is 0 Å². The van der Waals surface area contributed by atoms with Crippen LogP contribution in [0.3, 0.4) is 0 Å². The van der Waals surface area contributed by atoms with E-state index < -0.39 is 5.97 Å². The molecule has 0 radical (unpaired) electrons. The Morgan fingerprint density at radius 1 is 1.27 bits per heavy atom. The zero-order chi connectivity index (χ0) is 7.56. The second-order valence-corrected chi connectivity index (χ2v) is 1.93. The summed E-state index contributed by atoms with van der Waals surface area (Å²) in [5.74, 6) is -0.931. The first kappa shape index (κ1) is 9.78. The van der Waals surface area contributed by atoms with E-state index in [2.05, 4.69) is 0 Å². The van der Waals surface area contributed by atoms with Crippen molar-refractivity contribution in [3.8, 4) is 0 Å². The van der Waals surface area contributed by atoms with E-state index in [9.17, 15) is 4.79 Å². The van der Waals surface area contributed by atoms with Crippen molar-refractivity contribution >= 4 is 11.7 Å². The Balaban J connectivity index is 0.000001000. The van der Waals surface area contributed by atoms with Crippen molar-refractivity contribution < 1.29 is 22.3 Å². The van der Waals surface area contributed by atoms with Crippen LogP contribution in [0.4, 0.5) is 5.69 Å². The first-order valence-corrected chi connectivity index (χ1v) is 2.79. The van der Waals surface area contributed by atoms with Gasteiger partial charge in [0.2, 0.25) is 0 Å². The van der Waals surface area contributed by atoms with Crippen LogP contribution in [0.25, 0.3) is 0 Å². The molecule has 3 N–H and O–H groups in total. The molecule has 60 valence electrons. The van der Waals surface area contributed by atoms with E-state index in [1.807, 2.05) is 0 Å². The average Bonchev–Trinajstić information content (AvgIpc) is 1.88. The van der Waals surface area contributed by atoms with Crippen LogP contribution in [-0.4, -0.2) is 11.1 Å². The van der Waals surface area contributed by atoms with Gasteiger partial charge < -0.3 is 23.2 Å². The highest BCUT2D eigenvalue weighted by Gasteiger charge is 1.98. The van der Waals surface area contributed by atoms with Crippen molar-refractivity contribution in [3.63, 3.8) is 0 Å². The van der Waals surface area contributed by atoms with E-state index >= 15 is 0 Å². The van der Waals surface area contributed by atoms with Crippen molar-refractivity contribution in [2.24, 2.45) is 0 Å². The molecule has 1 aromatic carbocycles. The first-order valence-electron chi connectivity index (χ1n) is 2.79. The molecule has 4 heteroatoms. The van der Waals surface area contributed by atoms with E-state index in [1.165, 1.54) is 12.1 Å². The van der Waals surface area contributed by atoms with Crippen molar-refractivity contribution in [3.05, 3.63) is 29.8 Å². The van der Waals surface area contributed by atoms with Gasteiger partial charge in [-0.3, -0.25) is 0 Å². The van der Waals surface area contributed by atoms with Crippen LogP contribution in [0.5, 0.6) is 0 Å². The third kappa shape index (κ3) is 2.47. The largest absolute Gasteiger partial charge is 1.00 e. The Hall–Kier alpha value is -1.22. The molecular weight excluding hydrogens is 166 g/mol. The molecule has 3 nitrogen and oxygen atoms in total. The number of nitrogens with two attached hydrogens (primary N) is 1. The molecule has 0 aliphatic heterocycles. The van der Waals surface area contributed by atoms with Crippen molar-refractivity contribution in [2.45, 2.75) is 0 Å². The minimum atomic E-state index is -0.931. The maximum absolute atomic E-state index is 10.3. The first-order chi connectivity index (χ1) is 4.70. The minimum Gasteiger partial charge on any atom is -1.00 e. The van der Waals surface area contributed by atoms with Crippen molar-refractivity contribution in [2.75, 3.05) is 5.73 Å². The van der Waals surface area contributed by atoms with Crippen molar-refractivity contribution in [1.29, 1.82) is 0 Å². The lowest BCUT2D eigenvalue weighted by Gasteiger charge is -1.93. The molecule has 0 aromatic heterocycles. The van der Waals surface area contributed by atoms with Gasteiger partial charge in [0.05, 0.1) is 5.56 Å². The van der Waals surface area contributed by atoms with Crippen LogP contribution in [0.15, 0.2) is 24.3 Å². The molecule has 0 atom stereocenters. The molecule has 0 aliphatic carbocycles. The lowest BCUT2D eigenvalue weighted by atomic mass is 10.2. The highest BCUT2D eigenvalue weighted by Crippen LogP contribution is 2.04. The predicted octanol–water partition coefficient (Wildman–Crippen LogP) is -2.03. The summed E-state index contributed by atoms with van der Waals surface area (Å²) in [6, 6.07) is 6.06. The van der Waals surface area contributed by atoms with E-state index in [-0.39, 0.29) is 18.0 Å². The molecule has 11 heavy (non-hydrogen) atoms. The number of carbonyl (C=O) groups is 1. The highest BCUT2D eigenvalue weighted by atomic mass is 35.5. The smallest absolute Gasteiger partial charge is 0.335 e. The summed E-state index contributed by atoms with van der Waals surface area (Å²) in [4.78, 5) is 10.3. The van der Waals surface area contributed by atoms with E-state index in [0.29, 0.717) is 5.69 Å². The second kappa shape index (κ2) is 3.83. The molecule has 0 saturated carbocycles. The summed E-state index contributed by atoms with van der Waals surface area (Å²) in [5, 5.41) is 8.43. The SMILES string of the molecule is Nc1ccc(C(=O)O)cc1.[Cl-]. The quantitative estimate of drug-likeness (QED) is 0.481. The molecule has 0 bridgehead atoms. The zero-order valence-electron chi connectivity index (χ0n) is 5.62. The topological polar surface area (TPSA) is 63.3 Å². The van der Waals surface area contributed by atoms with Gasteiger partial charge in [0.25, 0.3) is 0 Å². The molecule has 0 spiro atoms. The summed E-state index contributed by atoms with van der Waals surface area (Å²) < 4.78 is 0. The number of halogens is 1. The summed E-state index contributed by atoms with van der Waals surface area (Å²) in [6.07, 6.45) is 0. The van der Waals surface area contributed by atoms with E-state index in [1.54, 1.807) is 12.1 Å². The fourth-order valence-corrected chi connectivity index (χ4v) is 0.626. The van der Waals surface area contributed by atoms with Crippen LogP contribution >= 0.6 is 0 Å². The molecule has 0 heterocycles. The van der Waals surface area contributed by atoms with Crippen LogP contribution in [0, 0.1) is 0 Å². The second-order valence-electron chi connectivity index (χ2n) is 1.93. The molecule has 0 fully saturated rings. The van der Waals surface area contributed by atoms with E-state index in [4.69, 9.17) is 10.8 Å². The predicted molar refractivity (Wildman–Crippen MR) is 37.8 cm³/mol. The summed E-state index contributed by atoms with van der Waals surface area (Å²) in [7, 11) is 0. The zero-order valence-corrected chi connectivity index (χ0v) is 6.38. The molecule has 0 amide bonds. The number of benzene rings is 1. The number of nitrogen functional groups attached to an aromatic ring is 1. The monoisotopic (exact) mass is 172 g/mol. The fraction of sp³-hybridized carbons (Fsp3) is 0. The fourth-order valence-electron chi connectivity index (χ4n) is 0.626. The summed E-state index contributed by atoms with van der Waals surface area (Å²) in [6.45, 7) is 0. The summed E-state index contributed by atoms with van der Waals surface area (Å²) in [5.41, 5.74) is 6.17. The molecule has 0 saturated heterocycles. The van der Waals surface area contributed by atoms with Gasteiger partial charge in [0.1, 0.15) is 0 Å². The Morgan fingerprint density at radius 2 is 1.73 bits per heavy atom.